The Bertz CT molecular complexity index is 427. The number of hydrogen-bond donors (Lipinski definition) is 0. The Morgan fingerprint density at radius 1 is 1.44 bits per heavy atom. The van der Waals surface area contributed by atoms with Crippen LogP contribution in [0.15, 0.2) is 24.3 Å². The zero-order valence-electron chi connectivity index (χ0n) is 11.6. The van der Waals surface area contributed by atoms with Gasteiger partial charge in [-0.15, -0.1) is 0 Å². The lowest BCUT2D eigenvalue weighted by molar-refractivity contribution is -0.119. The van der Waals surface area contributed by atoms with Crippen molar-refractivity contribution in [2.24, 2.45) is 5.92 Å². The van der Waals surface area contributed by atoms with Gasteiger partial charge in [-0.3, -0.25) is 4.79 Å². The largest absolute Gasteiger partial charge is 0.309 e. The maximum atomic E-state index is 12.4. The predicted molar refractivity (Wildman–Crippen MR) is 75.8 cm³/mol. The molecule has 2 atom stereocenters. The molecular formula is C16H23NO. The zero-order chi connectivity index (χ0) is 13.1. The molecule has 0 radical (unpaired) electrons. The molecule has 0 saturated heterocycles. The molecule has 2 unspecified atom stereocenters. The first-order valence-electron chi connectivity index (χ1n) is 7.03. The van der Waals surface area contributed by atoms with Gasteiger partial charge >= 0.3 is 0 Å². The van der Waals surface area contributed by atoms with Gasteiger partial charge in [0, 0.05) is 18.2 Å². The number of carbonyl (C=O) groups excluding carboxylic acids is 1. The van der Waals surface area contributed by atoms with E-state index in [1.54, 1.807) is 0 Å². The monoisotopic (exact) mass is 245 g/mol. The molecule has 18 heavy (non-hydrogen) atoms. The molecule has 1 aromatic carbocycles. The van der Waals surface area contributed by atoms with Crippen LogP contribution in [0.4, 0.5) is 5.69 Å². The molecule has 1 aliphatic heterocycles. The average Bonchev–Trinajstić information content (AvgIpc) is 2.64. The number of para-hydroxylation sites is 1. The lowest BCUT2D eigenvalue weighted by Crippen LogP contribution is -2.36. The molecule has 0 aliphatic carbocycles. The summed E-state index contributed by atoms with van der Waals surface area (Å²) in [5, 5.41) is 0. The van der Waals surface area contributed by atoms with Crippen molar-refractivity contribution in [2.45, 2.75) is 52.5 Å². The minimum atomic E-state index is 0.286. The highest BCUT2D eigenvalue weighted by Crippen LogP contribution is 2.32. The summed E-state index contributed by atoms with van der Waals surface area (Å²) in [6.07, 6.45) is 3.95. The Labute approximate surface area is 110 Å². The third kappa shape index (κ3) is 2.58. The van der Waals surface area contributed by atoms with Gasteiger partial charge in [0.1, 0.15) is 0 Å². The van der Waals surface area contributed by atoms with Gasteiger partial charge in [0.05, 0.1) is 0 Å². The first-order chi connectivity index (χ1) is 8.63. The average molecular weight is 245 g/mol. The number of anilines is 1. The summed E-state index contributed by atoms with van der Waals surface area (Å²) in [6, 6.07) is 8.59. The van der Waals surface area contributed by atoms with Crippen molar-refractivity contribution in [3.05, 3.63) is 29.8 Å². The van der Waals surface area contributed by atoms with Crippen LogP contribution in [0.3, 0.4) is 0 Å². The lowest BCUT2D eigenvalue weighted by atomic mass is 10.0. The minimum absolute atomic E-state index is 0.286. The van der Waals surface area contributed by atoms with Crippen LogP contribution in [0.1, 0.15) is 45.6 Å². The van der Waals surface area contributed by atoms with Crippen molar-refractivity contribution in [3.63, 3.8) is 0 Å². The van der Waals surface area contributed by atoms with Crippen LogP contribution in [-0.4, -0.2) is 11.9 Å². The Morgan fingerprint density at radius 2 is 2.17 bits per heavy atom. The molecule has 0 fully saturated rings. The third-order valence-corrected chi connectivity index (χ3v) is 3.78. The quantitative estimate of drug-likeness (QED) is 0.790. The number of fused-ring (bicyclic) bond motifs is 1. The third-order valence-electron chi connectivity index (χ3n) is 3.78. The van der Waals surface area contributed by atoms with Crippen LogP contribution in [0.2, 0.25) is 0 Å². The van der Waals surface area contributed by atoms with Gasteiger partial charge < -0.3 is 4.90 Å². The number of carbonyl (C=O) groups is 1. The summed E-state index contributed by atoms with van der Waals surface area (Å²) in [6.45, 7) is 6.49. The van der Waals surface area contributed by atoms with Crippen molar-refractivity contribution in [1.29, 1.82) is 0 Å². The first kappa shape index (κ1) is 13.1. The van der Waals surface area contributed by atoms with Crippen molar-refractivity contribution < 1.29 is 4.79 Å². The Balaban J connectivity index is 2.11. The second-order valence-electron chi connectivity index (χ2n) is 5.54. The predicted octanol–water partition coefficient (Wildman–Crippen LogP) is 3.79. The molecule has 2 rings (SSSR count). The van der Waals surface area contributed by atoms with E-state index in [1.807, 2.05) is 11.0 Å². The summed E-state index contributed by atoms with van der Waals surface area (Å²) >= 11 is 0. The van der Waals surface area contributed by atoms with Gasteiger partial charge in [0.25, 0.3) is 0 Å². The fourth-order valence-corrected chi connectivity index (χ4v) is 2.94. The molecular weight excluding hydrogens is 222 g/mol. The van der Waals surface area contributed by atoms with E-state index in [9.17, 15) is 4.79 Å². The summed E-state index contributed by atoms with van der Waals surface area (Å²) in [5.74, 6) is 0.774. The maximum Gasteiger partial charge on any atom is 0.227 e. The topological polar surface area (TPSA) is 20.3 Å². The van der Waals surface area contributed by atoms with Gasteiger partial charge in [-0.05, 0) is 30.9 Å². The van der Waals surface area contributed by atoms with E-state index in [-0.39, 0.29) is 5.91 Å². The van der Waals surface area contributed by atoms with Crippen LogP contribution < -0.4 is 4.90 Å². The van der Waals surface area contributed by atoms with E-state index in [0.717, 1.165) is 24.9 Å². The smallest absolute Gasteiger partial charge is 0.227 e. The van der Waals surface area contributed by atoms with E-state index in [1.165, 1.54) is 5.56 Å². The van der Waals surface area contributed by atoms with E-state index in [0.29, 0.717) is 18.4 Å². The number of hydrogen-bond acceptors (Lipinski definition) is 1. The van der Waals surface area contributed by atoms with Gasteiger partial charge in [-0.25, -0.2) is 0 Å². The van der Waals surface area contributed by atoms with E-state index < -0.39 is 0 Å². The maximum absolute atomic E-state index is 12.4. The second kappa shape index (κ2) is 5.55. The fourth-order valence-electron chi connectivity index (χ4n) is 2.94. The second-order valence-corrected chi connectivity index (χ2v) is 5.54. The SMILES string of the molecule is CCCC(C)CC(=O)N1c2ccccc2CC1C. The first-order valence-corrected chi connectivity index (χ1v) is 7.03. The molecule has 0 N–H and O–H groups in total. The summed E-state index contributed by atoms with van der Waals surface area (Å²) in [7, 11) is 0. The number of amides is 1. The van der Waals surface area contributed by atoms with Crippen LogP contribution in [0.5, 0.6) is 0 Å². The van der Waals surface area contributed by atoms with Gasteiger partial charge in [0.15, 0.2) is 0 Å². The molecule has 1 aromatic rings. The van der Waals surface area contributed by atoms with Crippen LogP contribution in [0.25, 0.3) is 0 Å². The molecule has 0 spiro atoms. The Hall–Kier alpha value is -1.31. The highest BCUT2D eigenvalue weighted by Gasteiger charge is 2.30. The van der Waals surface area contributed by atoms with E-state index >= 15 is 0 Å². The molecule has 1 heterocycles. The van der Waals surface area contributed by atoms with Crippen LogP contribution in [-0.2, 0) is 11.2 Å². The summed E-state index contributed by atoms with van der Waals surface area (Å²) in [5.41, 5.74) is 2.43. The molecule has 1 aliphatic rings. The molecule has 0 aromatic heterocycles. The molecule has 1 amide bonds. The van der Waals surface area contributed by atoms with Crippen LogP contribution in [0, 0.1) is 5.92 Å². The highest BCUT2D eigenvalue weighted by atomic mass is 16.2. The zero-order valence-corrected chi connectivity index (χ0v) is 11.6. The number of benzene rings is 1. The van der Waals surface area contributed by atoms with Crippen LogP contribution >= 0.6 is 0 Å². The van der Waals surface area contributed by atoms with Crippen molar-refractivity contribution in [1.82, 2.24) is 0 Å². The van der Waals surface area contributed by atoms with E-state index in [4.69, 9.17) is 0 Å². The Kier molecular flexibility index (Phi) is 4.05. The molecule has 2 nitrogen and oxygen atoms in total. The minimum Gasteiger partial charge on any atom is -0.309 e. The molecule has 98 valence electrons. The summed E-state index contributed by atoms with van der Waals surface area (Å²) in [4.78, 5) is 14.4. The fraction of sp³-hybridized carbons (Fsp3) is 0.562. The molecule has 0 bridgehead atoms. The van der Waals surface area contributed by atoms with Crippen molar-refractivity contribution >= 4 is 11.6 Å². The normalized spacial score (nSPS) is 19.7. The van der Waals surface area contributed by atoms with Crippen molar-refractivity contribution in [3.8, 4) is 0 Å². The summed E-state index contributed by atoms with van der Waals surface area (Å²) < 4.78 is 0. The number of nitrogens with zero attached hydrogens (tertiary/aromatic N) is 1. The highest BCUT2D eigenvalue weighted by molar-refractivity contribution is 5.96. The van der Waals surface area contributed by atoms with Crippen molar-refractivity contribution in [2.75, 3.05) is 4.90 Å². The lowest BCUT2D eigenvalue weighted by Gasteiger charge is -2.24. The Morgan fingerprint density at radius 3 is 2.89 bits per heavy atom. The molecule has 2 heteroatoms. The van der Waals surface area contributed by atoms with E-state index in [2.05, 4.69) is 39.0 Å². The molecule has 0 saturated carbocycles. The van der Waals surface area contributed by atoms with Gasteiger partial charge in [-0.2, -0.15) is 0 Å². The standard InChI is InChI=1S/C16H23NO/c1-4-7-12(2)10-16(18)17-13(3)11-14-8-5-6-9-15(14)17/h5-6,8-9,12-13H,4,7,10-11H2,1-3H3. The number of rotatable bonds is 4. The van der Waals surface area contributed by atoms with Gasteiger partial charge in [-0.1, -0.05) is 44.9 Å². The van der Waals surface area contributed by atoms with Gasteiger partial charge in [0.2, 0.25) is 5.91 Å².